The number of nitrogens with zero attached hydrogens (tertiary/aromatic N) is 1. The number of hydrogen-bond acceptors (Lipinski definition) is 3. The predicted molar refractivity (Wildman–Crippen MR) is 80.1 cm³/mol. The van der Waals surface area contributed by atoms with Crippen molar-refractivity contribution in [1.29, 1.82) is 0 Å². The van der Waals surface area contributed by atoms with E-state index in [9.17, 15) is 4.79 Å². The Bertz CT molecular complexity index is 811. The van der Waals surface area contributed by atoms with Crippen molar-refractivity contribution in [2.45, 2.75) is 19.5 Å². The number of H-pyrrole nitrogens is 1. The number of aromatic amines is 1. The van der Waals surface area contributed by atoms with Crippen LogP contribution in [0, 0.1) is 0 Å². The van der Waals surface area contributed by atoms with Gasteiger partial charge in [-0.25, -0.2) is 4.98 Å². The zero-order chi connectivity index (χ0) is 14.8. The van der Waals surface area contributed by atoms with Crippen LogP contribution in [-0.4, -0.2) is 9.97 Å². The van der Waals surface area contributed by atoms with Gasteiger partial charge in [-0.15, -0.1) is 0 Å². The van der Waals surface area contributed by atoms with Crippen molar-refractivity contribution in [3.63, 3.8) is 0 Å². The van der Waals surface area contributed by atoms with Gasteiger partial charge >= 0.3 is 0 Å². The molecule has 1 aromatic carbocycles. The van der Waals surface area contributed by atoms with Gasteiger partial charge in [-0.3, -0.25) is 4.79 Å². The lowest BCUT2D eigenvalue weighted by Gasteiger charge is -2.09. The smallest absolute Gasteiger partial charge is 0.258 e. The summed E-state index contributed by atoms with van der Waals surface area (Å²) < 4.78 is 5.29. The van der Waals surface area contributed by atoms with Crippen molar-refractivity contribution >= 4 is 22.5 Å². The van der Waals surface area contributed by atoms with Crippen molar-refractivity contribution in [3.8, 4) is 0 Å². The number of nitrogens with two attached hydrogens (primary N) is 1. The van der Waals surface area contributed by atoms with Crippen molar-refractivity contribution < 1.29 is 9.73 Å². The van der Waals surface area contributed by atoms with Crippen LogP contribution in [-0.2, 0) is 6.54 Å². The number of benzene rings is 1. The maximum absolute atomic E-state index is 12.1. The van der Waals surface area contributed by atoms with Crippen LogP contribution in [0.2, 0.25) is 5.02 Å². The molecule has 0 saturated carbocycles. The van der Waals surface area contributed by atoms with Crippen molar-refractivity contribution in [3.05, 3.63) is 63.6 Å². The van der Waals surface area contributed by atoms with Gasteiger partial charge in [0.25, 0.3) is 5.56 Å². The summed E-state index contributed by atoms with van der Waals surface area (Å²) in [7, 11) is 0. The van der Waals surface area contributed by atoms with Crippen LogP contribution in [0.25, 0.3) is 10.9 Å². The first-order valence-electron chi connectivity index (χ1n) is 6.68. The molecule has 0 unspecified atom stereocenters. The van der Waals surface area contributed by atoms with E-state index < -0.39 is 0 Å². The summed E-state index contributed by atoms with van der Waals surface area (Å²) >= 11 is 5.96. The Hall–Kier alpha value is -2.11. The number of quaternary nitrogens is 1. The molecule has 0 saturated heterocycles. The van der Waals surface area contributed by atoms with Crippen molar-refractivity contribution in [2.24, 2.45) is 0 Å². The molecule has 21 heavy (non-hydrogen) atoms. The van der Waals surface area contributed by atoms with Crippen LogP contribution >= 0.6 is 11.6 Å². The molecule has 108 valence electrons. The third-order valence-corrected chi connectivity index (χ3v) is 3.61. The quantitative estimate of drug-likeness (QED) is 0.774. The largest absolute Gasteiger partial charge is 0.463 e. The molecule has 0 aliphatic carbocycles. The molecule has 0 bridgehead atoms. The fourth-order valence-electron chi connectivity index (χ4n) is 2.18. The number of rotatable bonds is 4. The third kappa shape index (κ3) is 2.99. The molecule has 3 rings (SSSR count). The molecule has 0 radical (unpaired) electrons. The summed E-state index contributed by atoms with van der Waals surface area (Å²) in [5.74, 6) is 1.51. The number of hydrogen-bond donors (Lipinski definition) is 2. The zero-order valence-corrected chi connectivity index (χ0v) is 12.2. The highest BCUT2D eigenvalue weighted by Gasteiger charge is 2.14. The Morgan fingerprint density at radius 1 is 1.43 bits per heavy atom. The Morgan fingerprint density at radius 2 is 2.29 bits per heavy atom. The normalized spacial score (nSPS) is 12.7. The molecular formula is C15H15ClN3O2+. The number of nitrogens with one attached hydrogen (secondary N) is 1. The van der Waals surface area contributed by atoms with Gasteiger partial charge in [0, 0.05) is 5.02 Å². The van der Waals surface area contributed by atoms with Crippen molar-refractivity contribution in [2.75, 3.05) is 0 Å². The van der Waals surface area contributed by atoms with E-state index in [4.69, 9.17) is 16.0 Å². The number of fused-ring (bicyclic) bond motifs is 1. The molecule has 2 aromatic heterocycles. The molecule has 0 spiro atoms. The van der Waals surface area contributed by atoms with Gasteiger partial charge in [-0.05, 0) is 37.3 Å². The molecule has 6 heteroatoms. The Morgan fingerprint density at radius 3 is 3.05 bits per heavy atom. The summed E-state index contributed by atoms with van der Waals surface area (Å²) in [6.45, 7) is 2.67. The first kappa shape index (κ1) is 13.9. The molecule has 1 atom stereocenters. The number of aromatic nitrogens is 2. The second kappa shape index (κ2) is 5.71. The van der Waals surface area contributed by atoms with Gasteiger partial charge in [0.15, 0.2) is 11.6 Å². The predicted octanol–water partition coefficient (Wildman–Crippen LogP) is 1.99. The summed E-state index contributed by atoms with van der Waals surface area (Å²) in [4.78, 5) is 19.4. The Kier molecular flexibility index (Phi) is 3.77. The number of halogens is 1. The second-order valence-electron chi connectivity index (χ2n) is 4.92. The fraction of sp³-hybridized carbons (Fsp3) is 0.200. The summed E-state index contributed by atoms with van der Waals surface area (Å²) in [5.41, 5.74) is 0.462. The highest BCUT2D eigenvalue weighted by Crippen LogP contribution is 2.15. The maximum atomic E-state index is 12.1. The Balaban J connectivity index is 1.87. The van der Waals surface area contributed by atoms with E-state index >= 15 is 0 Å². The maximum Gasteiger partial charge on any atom is 0.258 e. The van der Waals surface area contributed by atoms with E-state index in [0.717, 1.165) is 5.76 Å². The first-order chi connectivity index (χ1) is 10.1. The SMILES string of the molecule is C[C@@H]([NH2+]Cc1ccco1)c1nc2cc(Cl)ccc2c(=O)[nH]1. The molecule has 3 N–H and O–H groups in total. The number of furan rings is 1. The molecule has 3 aromatic rings. The van der Waals surface area contributed by atoms with Gasteiger partial charge in [-0.1, -0.05) is 11.6 Å². The second-order valence-corrected chi connectivity index (χ2v) is 5.36. The Labute approximate surface area is 126 Å². The topological polar surface area (TPSA) is 75.5 Å². The molecule has 0 aliphatic heterocycles. The van der Waals surface area contributed by atoms with Gasteiger partial charge in [0.1, 0.15) is 12.6 Å². The lowest BCUT2D eigenvalue weighted by atomic mass is 10.2. The van der Waals surface area contributed by atoms with E-state index in [-0.39, 0.29) is 11.6 Å². The monoisotopic (exact) mass is 304 g/mol. The van der Waals surface area contributed by atoms with Crippen LogP contribution in [0.5, 0.6) is 0 Å². The van der Waals surface area contributed by atoms with Crippen molar-refractivity contribution in [1.82, 2.24) is 9.97 Å². The average molecular weight is 305 g/mol. The van der Waals surface area contributed by atoms with Gasteiger partial charge < -0.3 is 14.7 Å². The fourth-order valence-corrected chi connectivity index (χ4v) is 2.35. The summed E-state index contributed by atoms with van der Waals surface area (Å²) in [6, 6.07) is 8.85. The highest BCUT2D eigenvalue weighted by molar-refractivity contribution is 6.31. The average Bonchev–Trinajstić information content (AvgIpc) is 2.97. The van der Waals surface area contributed by atoms with E-state index in [1.54, 1.807) is 24.5 Å². The van der Waals surface area contributed by atoms with Crippen LogP contribution in [0.4, 0.5) is 0 Å². The van der Waals surface area contributed by atoms with E-state index in [2.05, 4.69) is 9.97 Å². The molecule has 5 nitrogen and oxygen atoms in total. The van der Waals surface area contributed by atoms with Crippen LogP contribution in [0.15, 0.2) is 45.8 Å². The van der Waals surface area contributed by atoms with Crippen LogP contribution in [0.1, 0.15) is 24.6 Å². The highest BCUT2D eigenvalue weighted by atomic mass is 35.5. The third-order valence-electron chi connectivity index (χ3n) is 3.37. The standard InChI is InChI=1S/C15H14ClN3O2/c1-9(17-8-11-3-2-6-21-11)14-18-13-7-10(16)4-5-12(13)15(20)19-14/h2-7,9,17H,8H2,1H3,(H,18,19,20)/p+1/t9-/m1/s1. The van der Waals surface area contributed by atoms with Gasteiger partial charge in [-0.2, -0.15) is 0 Å². The molecule has 2 heterocycles. The molecule has 0 fully saturated rings. The van der Waals surface area contributed by atoms with Crippen LogP contribution < -0.4 is 10.9 Å². The van der Waals surface area contributed by atoms with Crippen LogP contribution in [0.3, 0.4) is 0 Å². The summed E-state index contributed by atoms with van der Waals surface area (Å²) in [6.07, 6.45) is 1.64. The molecule has 0 aliphatic rings. The minimum absolute atomic E-state index is 0.00572. The summed E-state index contributed by atoms with van der Waals surface area (Å²) in [5, 5.41) is 3.16. The minimum Gasteiger partial charge on any atom is -0.463 e. The lowest BCUT2D eigenvalue weighted by molar-refractivity contribution is -0.710. The molecule has 0 amide bonds. The minimum atomic E-state index is -0.148. The molecular weight excluding hydrogens is 290 g/mol. The lowest BCUT2D eigenvalue weighted by Crippen LogP contribution is -2.83. The zero-order valence-electron chi connectivity index (χ0n) is 11.5. The van der Waals surface area contributed by atoms with E-state index in [1.165, 1.54) is 0 Å². The van der Waals surface area contributed by atoms with Gasteiger partial charge in [0.05, 0.1) is 17.2 Å². The van der Waals surface area contributed by atoms with Gasteiger partial charge in [0.2, 0.25) is 0 Å². The van der Waals surface area contributed by atoms with E-state index in [0.29, 0.717) is 28.3 Å². The first-order valence-corrected chi connectivity index (χ1v) is 7.06. The van der Waals surface area contributed by atoms with E-state index in [1.807, 2.05) is 24.4 Å².